The predicted octanol–water partition coefficient (Wildman–Crippen LogP) is 4.71. The maximum Gasteiger partial charge on any atom is 0.291 e. The third-order valence-electron chi connectivity index (χ3n) is 5.38. The average molecular weight is 530 g/mol. The Morgan fingerprint density at radius 2 is 1.87 bits per heavy atom. The zero-order chi connectivity index (χ0) is 20.8. The lowest BCUT2D eigenvalue weighted by Crippen LogP contribution is -2.39. The van der Waals surface area contributed by atoms with E-state index in [4.69, 9.17) is 4.42 Å². The third-order valence-corrected chi connectivity index (χ3v) is 5.38. The number of rotatable bonds is 5. The minimum absolute atomic E-state index is 0. The van der Waals surface area contributed by atoms with E-state index >= 15 is 0 Å². The molecule has 3 aromatic rings. The van der Waals surface area contributed by atoms with Crippen LogP contribution in [0.5, 0.6) is 0 Å². The number of carbonyl (C=O) groups is 1. The van der Waals surface area contributed by atoms with Crippen LogP contribution in [0.1, 0.15) is 34.0 Å². The van der Waals surface area contributed by atoms with Gasteiger partial charge in [0.2, 0.25) is 0 Å². The number of guanidine groups is 1. The number of anilines is 1. The Bertz CT molecular complexity index is 988. The van der Waals surface area contributed by atoms with E-state index in [-0.39, 0.29) is 29.9 Å². The largest absolute Gasteiger partial charge is 0.459 e. The molecule has 1 fully saturated rings. The number of amides is 1. The van der Waals surface area contributed by atoms with E-state index in [1.165, 1.54) is 11.8 Å². The summed E-state index contributed by atoms with van der Waals surface area (Å²) < 4.78 is 5.11. The second-order valence-electron chi connectivity index (χ2n) is 7.37. The monoisotopic (exact) mass is 530 g/mol. The molecular weight excluding hydrogens is 503 g/mol. The lowest BCUT2D eigenvalue weighted by Gasteiger charge is -2.22. The molecule has 0 bridgehead atoms. The normalized spacial score (nSPS) is 16.0. The van der Waals surface area contributed by atoms with Crippen molar-refractivity contribution >= 4 is 41.5 Å². The average Bonchev–Trinajstić information content (AvgIpc) is 3.49. The molecular formula is C24H27IN4O2. The number of furan rings is 1. The molecule has 4 rings (SSSR count). The Kier molecular flexibility index (Phi) is 8.11. The van der Waals surface area contributed by atoms with Gasteiger partial charge in [-0.1, -0.05) is 42.5 Å². The molecule has 1 aliphatic heterocycles. The summed E-state index contributed by atoms with van der Waals surface area (Å²) in [4.78, 5) is 18.8. The minimum Gasteiger partial charge on any atom is -0.459 e. The summed E-state index contributed by atoms with van der Waals surface area (Å²) in [6.07, 6.45) is 2.62. The SMILES string of the molecule is CN=C(NCc1ccc(NC(=O)c2ccco2)cc1)N1CCC(c2ccccc2)C1.I. The second kappa shape index (κ2) is 11.0. The highest BCUT2D eigenvalue weighted by molar-refractivity contribution is 14.0. The van der Waals surface area contributed by atoms with Crippen molar-refractivity contribution in [1.82, 2.24) is 10.2 Å². The molecule has 2 N–H and O–H groups in total. The first-order valence-electron chi connectivity index (χ1n) is 10.2. The molecule has 1 aromatic heterocycles. The topological polar surface area (TPSA) is 69.9 Å². The van der Waals surface area contributed by atoms with Crippen LogP contribution in [-0.2, 0) is 6.54 Å². The highest BCUT2D eigenvalue weighted by Crippen LogP contribution is 2.26. The first-order valence-corrected chi connectivity index (χ1v) is 10.2. The van der Waals surface area contributed by atoms with Gasteiger partial charge in [0.15, 0.2) is 11.7 Å². The van der Waals surface area contributed by atoms with E-state index in [2.05, 4.69) is 50.9 Å². The molecule has 162 valence electrons. The van der Waals surface area contributed by atoms with Crippen LogP contribution >= 0.6 is 24.0 Å². The van der Waals surface area contributed by atoms with Gasteiger partial charge in [0.1, 0.15) is 0 Å². The summed E-state index contributed by atoms with van der Waals surface area (Å²) in [7, 11) is 1.82. The van der Waals surface area contributed by atoms with Gasteiger partial charge in [-0.2, -0.15) is 0 Å². The number of hydrogen-bond acceptors (Lipinski definition) is 3. The number of halogens is 1. The molecule has 0 radical (unpaired) electrons. The fourth-order valence-corrected chi connectivity index (χ4v) is 3.77. The van der Waals surface area contributed by atoms with E-state index in [1.54, 1.807) is 12.1 Å². The quantitative estimate of drug-likeness (QED) is 0.285. The van der Waals surface area contributed by atoms with Crippen molar-refractivity contribution < 1.29 is 9.21 Å². The zero-order valence-electron chi connectivity index (χ0n) is 17.5. The van der Waals surface area contributed by atoms with Crippen LogP contribution < -0.4 is 10.6 Å². The number of likely N-dealkylation sites (tertiary alicyclic amines) is 1. The number of nitrogens with one attached hydrogen (secondary N) is 2. The molecule has 1 aliphatic rings. The maximum atomic E-state index is 12.1. The van der Waals surface area contributed by atoms with Crippen molar-refractivity contribution in [1.29, 1.82) is 0 Å². The van der Waals surface area contributed by atoms with Crippen LogP contribution in [0.2, 0.25) is 0 Å². The Morgan fingerprint density at radius 1 is 1.10 bits per heavy atom. The smallest absolute Gasteiger partial charge is 0.291 e. The summed E-state index contributed by atoms with van der Waals surface area (Å²) in [5.74, 6) is 1.50. The molecule has 0 saturated carbocycles. The Labute approximate surface area is 199 Å². The van der Waals surface area contributed by atoms with Crippen LogP contribution in [0.25, 0.3) is 0 Å². The lowest BCUT2D eigenvalue weighted by atomic mass is 9.99. The van der Waals surface area contributed by atoms with Crippen molar-refractivity contribution in [2.45, 2.75) is 18.9 Å². The molecule has 6 nitrogen and oxygen atoms in total. The number of benzene rings is 2. The van der Waals surface area contributed by atoms with E-state index in [0.717, 1.165) is 36.7 Å². The molecule has 31 heavy (non-hydrogen) atoms. The number of aliphatic imine (C=N–C) groups is 1. The van der Waals surface area contributed by atoms with Crippen LogP contribution in [0.4, 0.5) is 5.69 Å². The second-order valence-corrected chi connectivity index (χ2v) is 7.37. The molecule has 1 amide bonds. The van der Waals surface area contributed by atoms with Gasteiger partial charge in [0.05, 0.1) is 6.26 Å². The Hall–Kier alpha value is -2.81. The van der Waals surface area contributed by atoms with Gasteiger partial charge in [-0.05, 0) is 41.8 Å². The van der Waals surface area contributed by atoms with E-state index in [0.29, 0.717) is 18.2 Å². The summed E-state index contributed by atoms with van der Waals surface area (Å²) in [6.45, 7) is 2.64. The van der Waals surface area contributed by atoms with Crippen molar-refractivity contribution in [2.24, 2.45) is 4.99 Å². The van der Waals surface area contributed by atoms with Gasteiger partial charge in [-0.25, -0.2) is 0 Å². The molecule has 1 saturated heterocycles. The fraction of sp³-hybridized carbons (Fsp3) is 0.250. The van der Waals surface area contributed by atoms with Crippen molar-refractivity contribution in [3.63, 3.8) is 0 Å². The highest BCUT2D eigenvalue weighted by atomic mass is 127. The Balaban J connectivity index is 0.00000272. The zero-order valence-corrected chi connectivity index (χ0v) is 19.8. The predicted molar refractivity (Wildman–Crippen MR) is 134 cm³/mol. The first kappa shape index (κ1) is 22.9. The molecule has 0 spiro atoms. The van der Waals surface area contributed by atoms with E-state index in [9.17, 15) is 4.79 Å². The van der Waals surface area contributed by atoms with Crippen LogP contribution in [-0.4, -0.2) is 36.9 Å². The minimum atomic E-state index is -0.256. The summed E-state index contributed by atoms with van der Waals surface area (Å²) >= 11 is 0. The molecule has 1 unspecified atom stereocenters. The van der Waals surface area contributed by atoms with Gasteiger partial charge >= 0.3 is 0 Å². The van der Waals surface area contributed by atoms with Crippen molar-refractivity contribution in [3.05, 3.63) is 89.9 Å². The van der Waals surface area contributed by atoms with Gasteiger partial charge in [-0.3, -0.25) is 9.79 Å². The van der Waals surface area contributed by atoms with Gasteiger partial charge < -0.3 is 20.0 Å². The van der Waals surface area contributed by atoms with E-state index < -0.39 is 0 Å². The van der Waals surface area contributed by atoms with Gasteiger partial charge in [0, 0.05) is 38.3 Å². The van der Waals surface area contributed by atoms with Gasteiger partial charge in [-0.15, -0.1) is 24.0 Å². The third kappa shape index (κ3) is 5.88. The molecule has 0 aliphatic carbocycles. The van der Waals surface area contributed by atoms with E-state index in [1.807, 2.05) is 31.3 Å². The highest BCUT2D eigenvalue weighted by Gasteiger charge is 2.25. The van der Waals surface area contributed by atoms with Crippen LogP contribution in [0, 0.1) is 0 Å². The van der Waals surface area contributed by atoms with Crippen LogP contribution in [0.3, 0.4) is 0 Å². The molecule has 2 heterocycles. The number of carbonyl (C=O) groups excluding carboxylic acids is 1. The standard InChI is InChI=1S/C24H26N4O2.HI/c1-25-24(28-14-13-20(17-28)19-6-3-2-4-7-19)26-16-18-9-11-21(12-10-18)27-23(29)22-8-5-15-30-22;/h2-12,15,20H,13-14,16-17H2,1H3,(H,25,26)(H,27,29);1H. The van der Waals surface area contributed by atoms with Gasteiger partial charge in [0.25, 0.3) is 5.91 Å². The number of nitrogens with zero attached hydrogens (tertiary/aromatic N) is 2. The van der Waals surface area contributed by atoms with Crippen LogP contribution in [0.15, 0.2) is 82.4 Å². The molecule has 1 atom stereocenters. The van der Waals surface area contributed by atoms with Crippen molar-refractivity contribution in [2.75, 3.05) is 25.5 Å². The Morgan fingerprint density at radius 3 is 2.55 bits per heavy atom. The first-order chi connectivity index (χ1) is 14.7. The summed E-state index contributed by atoms with van der Waals surface area (Å²) in [6, 6.07) is 21.8. The lowest BCUT2D eigenvalue weighted by molar-refractivity contribution is 0.0996. The fourth-order valence-electron chi connectivity index (χ4n) is 3.77. The number of hydrogen-bond donors (Lipinski definition) is 2. The molecule has 2 aromatic carbocycles. The summed E-state index contributed by atoms with van der Waals surface area (Å²) in [5.41, 5.74) is 3.24. The summed E-state index contributed by atoms with van der Waals surface area (Å²) in [5, 5.41) is 6.28. The maximum absolute atomic E-state index is 12.1. The molecule has 7 heteroatoms. The van der Waals surface area contributed by atoms with Crippen molar-refractivity contribution in [3.8, 4) is 0 Å².